The Labute approximate surface area is 156 Å². The fourth-order valence-electron chi connectivity index (χ4n) is 2.55. The second kappa shape index (κ2) is 7.86. The van der Waals surface area contributed by atoms with Crippen molar-refractivity contribution in [3.05, 3.63) is 83.1 Å². The molecule has 0 fully saturated rings. The molecule has 0 saturated carbocycles. The Morgan fingerprint density at radius 1 is 1.04 bits per heavy atom. The van der Waals surface area contributed by atoms with Gasteiger partial charge >= 0.3 is 5.97 Å². The van der Waals surface area contributed by atoms with Crippen molar-refractivity contribution in [2.45, 2.75) is 0 Å². The molecule has 5 heteroatoms. The molecule has 5 nitrogen and oxygen atoms in total. The lowest BCUT2D eigenvalue weighted by Crippen LogP contribution is -2.00. The van der Waals surface area contributed by atoms with E-state index in [1.54, 1.807) is 60.7 Å². The highest BCUT2D eigenvalue weighted by Crippen LogP contribution is 2.26. The highest BCUT2D eigenvalue weighted by atomic mass is 16.5. The highest BCUT2D eigenvalue weighted by molar-refractivity contribution is 5.91. The van der Waals surface area contributed by atoms with Crippen LogP contribution in [0.25, 0.3) is 23.0 Å². The molecule has 130 valence electrons. The molecule has 1 aromatic heterocycles. The van der Waals surface area contributed by atoms with Crippen LogP contribution in [0.1, 0.15) is 27.2 Å². The van der Waals surface area contributed by atoms with E-state index in [4.69, 9.17) is 14.4 Å². The maximum absolute atomic E-state index is 11.7. The predicted octanol–water partition coefficient (Wildman–Crippen LogP) is 4.67. The van der Waals surface area contributed by atoms with E-state index in [-0.39, 0.29) is 0 Å². The minimum Gasteiger partial charge on any atom is -0.465 e. The minimum atomic E-state index is -0.420. The number of allylic oxidation sites excluding steroid dienone is 1. The van der Waals surface area contributed by atoms with Gasteiger partial charge in [0, 0.05) is 5.56 Å². The topological polar surface area (TPSA) is 87.0 Å². The van der Waals surface area contributed by atoms with Crippen LogP contribution in [0.3, 0.4) is 0 Å². The number of esters is 1. The molecule has 0 unspecified atom stereocenters. The van der Waals surface area contributed by atoms with Gasteiger partial charge in [-0.05, 0) is 48.0 Å². The normalized spacial score (nSPS) is 10.7. The first-order valence-electron chi connectivity index (χ1n) is 8.05. The van der Waals surface area contributed by atoms with Crippen molar-refractivity contribution in [2.24, 2.45) is 0 Å². The van der Waals surface area contributed by atoms with Gasteiger partial charge in [-0.3, -0.25) is 0 Å². The van der Waals surface area contributed by atoms with Gasteiger partial charge in [-0.1, -0.05) is 24.3 Å². The van der Waals surface area contributed by atoms with E-state index < -0.39 is 5.97 Å². The Kier molecular flexibility index (Phi) is 5.16. The summed E-state index contributed by atoms with van der Waals surface area (Å²) in [5, 5.41) is 18.3. The van der Waals surface area contributed by atoms with Crippen LogP contribution in [-0.2, 0) is 4.74 Å². The second-order valence-electron chi connectivity index (χ2n) is 5.63. The lowest BCUT2D eigenvalue weighted by Gasteiger charge is -2.02. The molecule has 0 saturated heterocycles. The predicted molar refractivity (Wildman–Crippen MR) is 100 cm³/mol. The van der Waals surface area contributed by atoms with Crippen LogP contribution in [0, 0.1) is 22.7 Å². The number of ether oxygens (including phenoxy) is 1. The first kappa shape index (κ1) is 17.7. The van der Waals surface area contributed by atoms with Gasteiger partial charge in [0.1, 0.15) is 11.5 Å². The fourth-order valence-corrected chi connectivity index (χ4v) is 2.55. The van der Waals surface area contributed by atoms with Gasteiger partial charge in [0.05, 0.1) is 35.9 Å². The summed E-state index contributed by atoms with van der Waals surface area (Å²) in [5.74, 6) is 0.662. The Balaban J connectivity index is 1.90. The molecule has 1 heterocycles. The van der Waals surface area contributed by atoms with Crippen LogP contribution in [-0.4, -0.2) is 13.1 Å². The van der Waals surface area contributed by atoms with Crippen LogP contribution >= 0.6 is 0 Å². The van der Waals surface area contributed by atoms with Crippen molar-refractivity contribution in [3.63, 3.8) is 0 Å². The van der Waals surface area contributed by atoms with Crippen LogP contribution in [0.15, 0.2) is 65.1 Å². The molecule has 27 heavy (non-hydrogen) atoms. The van der Waals surface area contributed by atoms with E-state index in [1.807, 2.05) is 12.1 Å². The van der Waals surface area contributed by atoms with Gasteiger partial charge in [-0.25, -0.2) is 4.79 Å². The number of nitriles is 2. The smallest absolute Gasteiger partial charge is 0.337 e. The van der Waals surface area contributed by atoms with Gasteiger partial charge in [0.2, 0.25) is 0 Å². The van der Waals surface area contributed by atoms with Crippen LogP contribution in [0.5, 0.6) is 0 Å². The lowest BCUT2D eigenvalue weighted by atomic mass is 10.0. The Morgan fingerprint density at radius 3 is 2.48 bits per heavy atom. The summed E-state index contributed by atoms with van der Waals surface area (Å²) in [6.45, 7) is 0. The Bertz CT molecular complexity index is 1090. The second-order valence-corrected chi connectivity index (χ2v) is 5.63. The Hall–Kier alpha value is -4.09. The molecule has 0 aliphatic heterocycles. The minimum absolute atomic E-state index is 0.420. The van der Waals surface area contributed by atoms with Gasteiger partial charge in [0.15, 0.2) is 0 Å². The number of benzene rings is 2. The van der Waals surface area contributed by atoms with Gasteiger partial charge in [-0.15, -0.1) is 0 Å². The third-order valence-electron chi connectivity index (χ3n) is 3.93. The van der Waals surface area contributed by atoms with E-state index >= 15 is 0 Å². The van der Waals surface area contributed by atoms with Crippen LogP contribution in [0.4, 0.5) is 0 Å². The quantitative estimate of drug-likeness (QED) is 0.502. The number of carbonyl (C=O) groups is 1. The fraction of sp³-hybridized carbons (Fsp3) is 0.0455. The molecule has 0 aliphatic rings. The molecule has 0 radical (unpaired) electrons. The summed E-state index contributed by atoms with van der Waals surface area (Å²) >= 11 is 0. The molecule has 0 spiro atoms. The lowest BCUT2D eigenvalue weighted by molar-refractivity contribution is 0.0601. The molecule has 0 aliphatic carbocycles. The average Bonchev–Trinajstić information content (AvgIpc) is 3.20. The van der Waals surface area contributed by atoms with Gasteiger partial charge in [0.25, 0.3) is 0 Å². The molecule has 3 rings (SSSR count). The summed E-state index contributed by atoms with van der Waals surface area (Å²) in [5.41, 5.74) is 2.81. The summed E-state index contributed by atoms with van der Waals surface area (Å²) in [4.78, 5) is 11.7. The molecular formula is C22H14N2O3. The van der Waals surface area contributed by atoms with Crippen LogP contribution < -0.4 is 0 Å². The van der Waals surface area contributed by atoms with Crippen molar-refractivity contribution in [2.75, 3.05) is 7.11 Å². The van der Waals surface area contributed by atoms with E-state index in [0.717, 1.165) is 5.56 Å². The van der Waals surface area contributed by atoms with E-state index in [9.17, 15) is 10.1 Å². The summed E-state index contributed by atoms with van der Waals surface area (Å²) < 4.78 is 10.5. The van der Waals surface area contributed by atoms with Crippen molar-refractivity contribution in [3.8, 4) is 23.5 Å². The maximum atomic E-state index is 11.7. The number of furan rings is 1. The number of hydrogen-bond donors (Lipinski definition) is 0. The summed E-state index contributed by atoms with van der Waals surface area (Å²) in [6, 6.07) is 21.4. The van der Waals surface area contributed by atoms with E-state index in [2.05, 4.69) is 6.07 Å². The number of nitrogens with zero attached hydrogens (tertiary/aromatic N) is 2. The zero-order valence-electron chi connectivity index (χ0n) is 14.5. The molecule has 0 amide bonds. The number of methoxy groups -OCH3 is 1. The highest BCUT2D eigenvalue weighted by Gasteiger charge is 2.10. The molecular weight excluding hydrogens is 340 g/mol. The molecule has 3 aromatic rings. The third kappa shape index (κ3) is 3.95. The zero-order chi connectivity index (χ0) is 19.2. The SMILES string of the molecule is COC(=O)c1cccc(-c2ccc(C=C(C#N)c3ccc(C#N)cc3)o2)c1. The van der Waals surface area contributed by atoms with Crippen molar-refractivity contribution < 1.29 is 13.9 Å². The first-order chi connectivity index (χ1) is 13.1. The number of hydrogen-bond acceptors (Lipinski definition) is 5. The largest absolute Gasteiger partial charge is 0.465 e. The Morgan fingerprint density at radius 2 is 1.81 bits per heavy atom. The van der Waals surface area contributed by atoms with Crippen molar-refractivity contribution >= 4 is 17.6 Å². The molecule has 2 aromatic carbocycles. The van der Waals surface area contributed by atoms with E-state index in [1.165, 1.54) is 7.11 Å². The van der Waals surface area contributed by atoms with Crippen molar-refractivity contribution in [1.82, 2.24) is 0 Å². The summed E-state index contributed by atoms with van der Waals surface area (Å²) in [7, 11) is 1.33. The first-order valence-corrected chi connectivity index (χ1v) is 8.05. The van der Waals surface area contributed by atoms with E-state index in [0.29, 0.717) is 33.8 Å². The maximum Gasteiger partial charge on any atom is 0.337 e. The zero-order valence-corrected chi connectivity index (χ0v) is 14.5. The number of rotatable bonds is 4. The molecule has 0 N–H and O–H groups in total. The monoisotopic (exact) mass is 354 g/mol. The van der Waals surface area contributed by atoms with Gasteiger partial charge < -0.3 is 9.15 Å². The standard InChI is InChI=1S/C22H14N2O3/c1-26-22(25)18-4-2-3-17(11-18)21-10-9-20(27-21)12-19(14-24)16-7-5-15(13-23)6-8-16/h2-12H,1H3. The number of carbonyl (C=O) groups excluding carboxylic acids is 1. The summed E-state index contributed by atoms with van der Waals surface area (Å²) in [6.07, 6.45) is 1.63. The third-order valence-corrected chi connectivity index (χ3v) is 3.93. The van der Waals surface area contributed by atoms with Gasteiger partial charge in [-0.2, -0.15) is 10.5 Å². The molecule has 0 bridgehead atoms. The van der Waals surface area contributed by atoms with Crippen molar-refractivity contribution in [1.29, 1.82) is 10.5 Å². The average molecular weight is 354 g/mol. The van der Waals surface area contributed by atoms with Crippen LogP contribution in [0.2, 0.25) is 0 Å². The molecule has 0 atom stereocenters.